The van der Waals surface area contributed by atoms with Crippen LogP contribution in [0.15, 0.2) is 42.5 Å². The van der Waals surface area contributed by atoms with Crippen LogP contribution in [0.1, 0.15) is 24.5 Å². The van der Waals surface area contributed by atoms with Gasteiger partial charge in [0, 0.05) is 8.07 Å². The van der Waals surface area contributed by atoms with E-state index in [4.69, 9.17) is 0 Å². The summed E-state index contributed by atoms with van der Waals surface area (Å²) in [6.07, 6.45) is 5.94. The molecule has 0 fully saturated rings. The number of benzene rings is 1. The van der Waals surface area contributed by atoms with Crippen molar-refractivity contribution in [1.29, 1.82) is 0 Å². The van der Waals surface area contributed by atoms with E-state index in [1.165, 1.54) is 6.04 Å². The molecule has 1 rings (SSSR count). The maximum atomic E-state index is 9.95. The second kappa shape index (κ2) is 6.77. The molecule has 0 aliphatic rings. The topological polar surface area (TPSA) is 20.2 Å². The van der Waals surface area contributed by atoms with Gasteiger partial charge in [-0.15, -0.1) is 0 Å². The average Bonchev–Trinajstić information content (AvgIpc) is 2.28. The van der Waals surface area contributed by atoms with E-state index in [1.807, 2.05) is 30.3 Å². The number of hydrogen-bond acceptors (Lipinski definition) is 1. The largest absolute Gasteiger partial charge is 0.388 e. The zero-order valence-corrected chi connectivity index (χ0v) is 12.2. The molecule has 0 radical (unpaired) electrons. The van der Waals surface area contributed by atoms with Crippen LogP contribution >= 0.6 is 0 Å². The molecule has 94 valence electrons. The summed E-state index contributed by atoms with van der Waals surface area (Å²) < 4.78 is 0. The van der Waals surface area contributed by atoms with Crippen molar-refractivity contribution >= 4 is 8.07 Å². The first-order chi connectivity index (χ1) is 7.99. The lowest BCUT2D eigenvalue weighted by Crippen LogP contribution is -2.17. The van der Waals surface area contributed by atoms with Gasteiger partial charge in [0.15, 0.2) is 0 Å². The summed E-state index contributed by atoms with van der Waals surface area (Å²) in [4.78, 5) is 0. The molecule has 0 heterocycles. The summed E-state index contributed by atoms with van der Waals surface area (Å²) in [6.45, 7) is 7.11. The monoisotopic (exact) mass is 248 g/mol. The molecule has 0 saturated carbocycles. The van der Waals surface area contributed by atoms with Gasteiger partial charge in [0.25, 0.3) is 0 Å². The van der Waals surface area contributed by atoms with E-state index < -0.39 is 8.07 Å². The lowest BCUT2D eigenvalue weighted by Gasteiger charge is -2.12. The highest BCUT2D eigenvalue weighted by Crippen LogP contribution is 2.18. The van der Waals surface area contributed by atoms with Gasteiger partial charge in [-0.05, 0) is 24.4 Å². The third kappa shape index (κ3) is 6.44. The molecule has 0 aliphatic carbocycles. The van der Waals surface area contributed by atoms with Gasteiger partial charge < -0.3 is 5.11 Å². The van der Waals surface area contributed by atoms with Gasteiger partial charge in [-0.25, -0.2) is 0 Å². The predicted molar refractivity (Wildman–Crippen MR) is 77.9 cm³/mol. The van der Waals surface area contributed by atoms with Gasteiger partial charge in [-0.2, -0.15) is 0 Å². The van der Waals surface area contributed by atoms with E-state index in [-0.39, 0.29) is 6.10 Å². The van der Waals surface area contributed by atoms with Crippen molar-refractivity contribution in [2.45, 2.75) is 44.6 Å². The summed E-state index contributed by atoms with van der Waals surface area (Å²) in [6, 6.07) is 11.1. The van der Waals surface area contributed by atoms with Crippen molar-refractivity contribution in [3.63, 3.8) is 0 Å². The van der Waals surface area contributed by atoms with E-state index >= 15 is 0 Å². The summed E-state index contributed by atoms with van der Waals surface area (Å²) in [5, 5.41) is 9.95. The highest BCUT2D eigenvalue weighted by molar-refractivity contribution is 6.76. The Morgan fingerprint density at radius 1 is 1.12 bits per heavy atom. The van der Waals surface area contributed by atoms with E-state index in [9.17, 15) is 5.11 Å². The Labute approximate surface area is 106 Å². The second-order valence-corrected chi connectivity index (χ2v) is 11.3. The Kier molecular flexibility index (Phi) is 5.66. The minimum absolute atomic E-state index is 0.326. The van der Waals surface area contributed by atoms with E-state index in [0.717, 1.165) is 18.4 Å². The van der Waals surface area contributed by atoms with Crippen LogP contribution in [0.2, 0.25) is 25.7 Å². The molecule has 1 aromatic rings. The highest BCUT2D eigenvalue weighted by Gasteiger charge is 2.09. The molecule has 1 unspecified atom stereocenters. The quantitative estimate of drug-likeness (QED) is 0.584. The van der Waals surface area contributed by atoms with Crippen molar-refractivity contribution in [2.75, 3.05) is 0 Å². The molecule has 1 nitrogen and oxygen atoms in total. The van der Waals surface area contributed by atoms with Crippen molar-refractivity contribution in [1.82, 2.24) is 0 Å². The molecule has 0 spiro atoms. The molecule has 2 heteroatoms. The number of aliphatic hydroxyl groups is 1. The Bertz CT molecular complexity index is 338. The summed E-state index contributed by atoms with van der Waals surface area (Å²) in [5.41, 5.74) is 1.02. The minimum atomic E-state index is -0.948. The SMILES string of the molecule is C[Si](C)(C)C/C=C/CCC(O)c1ccccc1. The van der Waals surface area contributed by atoms with Gasteiger partial charge in [0.1, 0.15) is 0 Å². The molecule has 1 atom stereocenters. The highest BCUT2D eigenvalue weighted by atomic mass is 28.3. The fraction of sp³-hybridized carbons (Fsp3) is 0.467. The summed E-state index contributed by atoms with van der Waals surface area (Å²) >= 11 is 0. The zero-order chi connectivity index (χ0) is 12.7. The molecular formula is C15H24OSi. The van der Waals surface area contributed by atoms with E-state index in [1.54, 1.807) is 0 Å². The average molecular weight is 248 g/mol. The Balaban J connectivity index is 2.28. The third-order valence-corrected chi connectivity index (χ3v) is 4.15. The fourth-order valence-electron chi connectivity index (χ4n) is 1.65. The van der Waals surface area contributed by atoms with Crippen molar-refractivity contribution in [2.24, 2.45) is 0 Å². The predicted octanol–water partition coefficient (Wildman–Crippen LogP) is 4.39. The van der Waals surface area contributed by atoms with Crippen LogP contribution < -0.4 is 0 Å². The molecule has 1 N–H and O–H groups in total. The maximum absolute atomic E-state index is 9.95. The van der Waals surface area contributed by atoms with Crippen molar-refractivity contribution in [3.8, 4) is 0 Å². The Morgan fingerprint density at radius 2 is 1.76 bits per heavy atom. The van der Waals surface area contributed by atoms with Crippen LogP contribution in [0.25, 0.3) is 0 Å². The Hall–Kier alpha value is -0.863. The number of rotatable bonds is 6. The normalized spacial score (nSPS) is 14.1. The lowest BCUT2D eigenvalue weighted by molar-refractivity contribution is 0.169. The van der Waals surface area contributed by atoms with Gasteiger partial charge in [0.05, 0.1) is 6.10 Å². The van der Waals surface area contributed by atoms with E-state index in [2.05, 4.69) is 31.8 Å². The molecule has 0 aromatic heterocycles. The Morgan fingerprint density at radius 3 is 2.35 bits per heavy atom. The first kappa shape index (κ1) is 14.2. The fourth-order valence-corrected chi connectivity index (χ4v) is 2.52. The number of allylic oxidation sites excluding steroid dienone is 2. The lowest BCUT2D eigenvalue weighted by atomic mass is 10.1. The first-order valence-electron chi connectivity index (χ1n) is 6.37. The number of hydrogen-bond donors (Lipinski definition) is 1. The standard InChI is InChI=1S/C15H24OSi/c1-17(2,3)13-9-5-8-12-15(16)14-10-6-4-7-11-14/h4-7,9-11,15-16H,8,12-13H2,1-3H3/b9-5+. The molecule has 0 amide bonds. The van der Waals surface area contributed by atoms with E-state index in [0.29, 0.717) is 0 Å². The third-order valence-electron chi connectivity index (χ3n) is 2.69. The van der Waals surface area contributed by atoms with Crippen LogP contribution in [0, 0.1) is 0 Å². The second-order valence-electron chi connectivity index (χ2n) is 5.74. The van der Waals surface area contributed by atoms with Gasteiger partial charge in [-0.1, -0.05) is 62.1 Å². The summed E-state index contributed by atoms with van der Waals surface area (Å²) in [5.74, 6) is 0. The van der Waals surface area contributed by atoms with Crippen LogP contribution in [0.4, 0.5) is 0 Å². The molecule has 0 saturated heterocycles. The van der Waals surface area contributed by atoms with Crippen LogP contribution in [0.5, 0.6) is 0 Å². The minimum Gasteiger partial charge on any atom is -0.388 e. The molecule has 17 heavy (non-hydrogen) atoms. The van der Waals surface area contributed by atoms with Crippen LogP contribution in [-0.2, 0) is 0 Å². The molecule has 0 aliphatic heterocycles. The first-order valence-corrected chi connectivity index (χ1v) is 10.1. The van der Waals surface area contributed by atoms with Crippen LogP contribution in [-0.4, -0.2) is 13.2 Å². The van der Waals surface area contributed by atoms with Crippen molar-refractivity contribution in [3.05, 3.63) is 48.0 Å². The summed E-state index contributed by atoms with van der Waals surface area (Å²) in [7, 11) is -0.948. The zero-order valence-electron chi connectivity index (χ0n) is 11.2. The smallest absolute Gasteiger partial charge is 0.0793 e. The molecular weight excluding hydrogens is 224 g/mol. The number of aliphatic hydroxyl groups excluding tert-OH is 1. The van der Waals surface area contributed by atoms with Crippen LogP contribution in [0.3, 0.4) is 0 Å². The van der Waals surface area contributed by atoms with Gasteiger partial charge in [0.2, 0.25) is 0 Å². The van der Waals surface area contributed by atoms with Gasteiger partial charge >= 0.3 is 0 Å². The molecule has 1 aromatic carbocycles. The maximum Gasteiger partial charge on any atom is 0.0793 e. The van der Waals surface area contributed by atoms with Gasteiger partial charge in [-0.3, -0.25) is 0 Å². The molecule has 0 bridgehead atoms. The van der Waals surface area contributed by atoms with Crippen molar-refractivity contribution < 1.29 is 5.11 Å².